The average Bonchev–Trinajstić information content (AvgIpc) is 2.72. The van der Waals surface area contributed by atoms with E-state index < -0.39 is 0 Å². The third-order valence-corrected chi connectivity index (χ3v) is 4.86. The molecule has 0 aliphatic carbocycles. The Morgan fingerprint density at radius 1 is 1.07 bits per heavy atom. The molecule has 0 heterocycles. The fraction of sp³-hybridized carbons (Fsp3) is 0.385. The number of hydrogen-bond acceptors (Lipinski definition) is 2. The van der Waals surface area contributed by atoms with Gasteiger partial charge in [0.05, 0.1) is 6.54 Å². The summed E-state index contributed by atoms with van der Waals surface area (Å²) in [5, 5.41) is 6.68. The normalized spacial score (nSPS) is 13.4. The van der Waals surface area contributed by atoms with E-state index in [1.807, 2.05) is 6.07 Å². The van der Waals surface area contributed by atoms with E-state index in [0.717, 1.165) is 37.2 Å². The molecule has 0 saturated heterocycles. The van der Waals surface area contributed by atoms with Crippen LogP contribution in [-0.2, 0) is 0 Å². The second-order valence-corrected chi connectivity index (χ2v) is 7.50. The maximum atomic E-state index is 4.09. The molecule has 0 amide bonds. The van der Waals surface area contributed by atoms with Crippen LogP contribution >= 0.6 is 0 Å². The molecule has 0 spiro atoms. The summed E-state index contributed by atoms with van der Waals surface area (Å²) in [6.45, 7) is 20.4. The van der Waals surface area contributed by atoms with Crippen molar-refractivity contribution in [3.63, 3.8) is 0 Å². The van der Waals surface area contributed by atoms with Crippen molar-refractivity contribution in [1.29, 1.82) is 0 Å². The summed E-state index contributed by atoms with van der Waals surface area (Å²) in [5.41, 5.74) is 4.42. The summed E-state index contributed by atoms with van der Waals surface area (Å²) in [7, 11) is 0. The monoisotopic (exact) mass is 378 g/mol. The van der Waals surface area contributed by atoms with Gasteiger partial charge < -0.3 is 10.6 Å². The molecule has 28 heavy (non-hydrogen) atoms. The molecular weight excluding hydrogens is 340 g/mol. The second kappa shape index (κ2) is 13.7. The lowest BCUT2D eigenvalue weighted by Crippen LogP contribution is -2.27. The van der Waals surface area contributed by atoms with Crippen molar-refractivity contribution in [3.8, 4) is 0 Å². The van der Waals surface area contributed by atoms with Crippen molar-refractivity contribution in [2.24, 2.45) is 11.8 Å². The van der Waals surface area contributed by atoms with Crippen molar-refractivity contribution >= 4 is 6.08 Å². The Hall–Kier alpha value is -2.48. The van der Waals surface area contributed by atoms with Gasteiger partial charge in [0, 0.05) is 17.9 Å². The minimum Gasteiger partial charge on any atom is -0.387 e. The molecule has 0 aliphatic rings. The lowest BCUT2D eigenvalue weighted by Gasteiger charge is -2.17. The molecule has 1 rings (SSSR count). The van der Waals surface area contributed by atoms with Gasteiger partial charge >= 0.3 is 0 Å². The molecule has 2 unspecified atom stereocenters. The predicted molar refractivity (Wildman–Crippen MR) is 126 cm³/mol. The topological polar surface area (TPSA) is 24.1 Å². The molecule has 0 bridgehead atoms. The van der Waals surface area contributed by atoms with Crippen molar-refractivity contribution in [2.75, 3.05) is 13.1 Å². The Morgan fingerprint density at radius 2 is 1.79 bits per heavy atom. The first kappa shape index (κ1) is 23.6. The van der Waals surface area contributed by atoms with E-state index in [0.29, 0.717) is 18.4 Å². The SMILES string of the molecule is C=C(/C=C/CCC(C)/C=C/c1ccccc1)NCC(=C)NCC(C)C(=C)CC. The van der Waals surface area contributed by atoms with Gasteiger partial charge in [0.15, 0.2) is 0 Å². The maximum absolute atomic E-state index is 4.09. The summed E-state index contributed by atoms with van der Waals surface area (Å²) in [6.07, 6.45) is 11.9. The van der Waals surface area contributed by atoms with E-state index in [2.05, 4.69) is 99.7 Å². The number of hydrogen-bond donors (Lipinski definition) is 2. The first-order valence-electron chi connectivity index (χ1n) is 10.3. The largest absolute Gasteiger partial charge is 0.387 e. The van der Waals surface area contributed by atoms with Gasteiger partial charge in [-0.1, -0.05) is 94.6 Å². The highest BCUT2D eigenvalue weighted by Crippen LogP contribution is 2.12. The molecule has 0 fully saturated rings. The summed E-state index contributed by atoms with van der Waals surface area (Å²) in [4.78, 5) is 0. The first-order valence-corrected chi connectivity index (χ1v) is 10.3. The third kappa shape index (κ3) is 10.6. The van der Waals surface area contributed by atoms with Crippen LogP contribution in [-0.4, -0.2) is 13.1 Å². The van der Waals surface area contributed by atoms with Crippen LogP contribution in [0.2, 0.25) is 0 Å². The second-order valence-electron chi connectivity index (χ2n) is 7.50. The Bertz CT molecular complexity index is 667. The number of benzene rings is 1. The molecule has 1 aromatic carbocycles. The Morgan fingerprint density at radius 3 is 2.46 bits per heavy atom. The Balaban J connectivity index is 2.19. The van der Waals surface area contributed by atoms with Crippen LogP contribution in [0, 0.1) is 11.8 Å². The first-order chi connectivity index (χ1) is 13.4. The van der Waals surface area contributed by atoms with Crippen LogP contribution in [0.25, 0.3) is 6.08 Å². The zero-order chi connectivity index (χ0) is 20.8. The van der Waals surface area contributed by atoms with Crippen LogP contribution < -0.4 is 10.6 Å². The van der Waals surface area contributed by atoms with Gasteiger partial charge in [0.2, 0.25) is 0 Å². The summed E-state index contributed by atoms with van der Waals surface area (Å²) in [6, 6.07) is 10.4. The minimum absolute atomic E-state index is 0.461. The van der Waals surface area contributed by atoms with E-state index in [4.69, 9.17) is 0 Å². The lowest BCUT2D eigenvalue weighted by atomic mass is 10.0. The van der Waals surface area contributed by atoms with Crippen LogP contribution in [0.3, 0.4) is 0 Å². The summed E-state index contributed by atoms with van der Waals surface area (Å²) >= 11 is 0. The number of allylic oxidation sites excluding steroid dienone is 3. The molecule has 152 valence electrons. The molecular formula is C26H38N2. The summed E-state index contributed by atoms with van der Waals surface area (Å²) < 4.78 is 0. The molecule has 2 nitrogen and oxygen atoms in total. The number of rotatable bonds is 14. The molecule has 2 heteroatoms. The van der Waals surface area contributed by atoms with Gasteiger partial charge in [0.25, 0.3) is 0 Å². The minimum atomic E-state index is 0.461. The molecule has 0 aliphatic heterocycles. The zero-order valence-electron chi connectivity index (χ0n) is 18.0. The molecule has 0 aromatic heterocycles. The van der Waals surface area contributed by atoms with Gasteiger partial charge in [-0.3, -0.25) is 0 Å². The molecule has 0 saturated carbocycles. The number of nitrogens with one attached hydrogen (secondary N) is 2. The lowest BCUT2D eigenvalue weighted by molar-refractivity contribution is 0.597. The quantitative estimate of drug-likeness (QED) is 0.286. The highest BCUT2D eigenvalue weighted by atomic mass is 15.0. The van der Waals surface area contributed by atoms with Crippen molar-refractivity contribution < 1.29 is 0 Å². The van der Waals surface area contributed by atoms with Crippen LogP contribution in [0.4, 0.5) is 0 Å². The standard InChI is InChI=1S/C26H38N2/c1-7-22(3)23(4)19-27-25(6)20-28-24(5)14-12-11-13-21(2)17-18-26-15-9-8-10-16-26/h8-10,12,14-18,21,23,27-28H,3,5-7,11,13,19-20H2,1-2,4H3/b14-12+,18-17+. The van der Waals surface area contributed by atoms with E-state index in [9.17, 15) is 0 Å². The highest BCUT2D eigenvalue weighted by molar-refractivity contribution is 5.48. The molecule has 2 N–H and O–H groups in total. The van der Waals surface area contributed by atoms with Crippen LogP contribution in [0.15, 0.2) is 85.3 Å². The average molecular weight is 379 g/mol. The summed E-state index contributed by atoms with van der Waals surface area (Å²) in [5.74, 6) is 1.01. The third-order valence-electron chi connectivity index (χ3n) is 4.86. The van der Waals surface area contributed by atoms with Crippen molar-refractivity contribution in [1.82, 2.24) is 10.6 Å². The fourth-order valence-electron chi connectivity index (χ4n) is 2.65. The van der Waals surface area contributed by atoms with Crippen molar-refractivity contribution in [3.05, 3.63) is 90.8 Å². The smallest absolute Gasteiger partial charge is 0.0541 e. The zero-order valence-corrected chi connectivity index (χ0v) is 18.0. The Labute approximate surface area is 172 Å². The predicted octanol–water partition coefficient (Wildman–Crippen LogP) is 6.48. The van der Waals surface area contributed by atoms with Crippen LogP contribution in [0.5, 0.6) is 0 Å². The van der Waals surface area contributed by atoms with Gasteiger partial charge in [-0.2, -0.15) is 0 Å². The molecule has 0 radical (unpaired) electrons. The van der Waals surface area contributed by atoms with Gasteiger partial charge in [-0.25, -0.2) is 0 Å². The van der Waals surface area contributed by atoms with Gasteiger partial charge in [0.1, 0.15) is 0 Å². The Kier molecular flexibility index (Phi) is 11.5. The van der Waals surface area contributed by atoms with Crippen molar-refractivity contribution in [2.45, 2.75) is 40.0 Å². The fourth-order valence-corrected chi connectivity index (χ4v) is 2.65. The molecule has 1 aromatic rings. The highest BCUT2D eigenvalue weighted by Gasteiger charge is 2.04. The van der Waals surface area contributed by atoms with E-state index in [1.165, 1.54) is 11.1 Å². The van der Waals surface area contributed by atoms with E-state index in [1.54, 1.807) is 0 Å². The maximum Gasteiger partial charge on any atom is 0.0541 e. The molecule has 2 atom stereocenters. The van der Waals surface area contributed by atoms with Gasteiger partial charge in [-0.05, 0) is 42.7 Å². The van der Waals surface area contributed by atoms with Crippen LogP contribution in [0.1, 0.15) is 45.6 Å². The van der Waals surface area contributed by atoms with E-state index >= 15 is 0 Å². The van der Waals surface area contributed by atoms with Gasteiger partial charge in [-0.15, -0.1) is 0 Å². The van der Waals surface area contributed by atoms with E-state index in [-0.39, 0.29) is 0 Å².